The van der Waals surface area contributed by atoms with Crippen LogP contribution in [-0.2, 0) is 23.6 Å². The Morgan fingerprint density at radius 1 is 1.58 bits per heavy atom. The molecular formula is C10H11N5O2S2. The SMILES string of the molecule is Cn1ncc(CNS(=O)(=O)c2ccc(C#N)s2)c1N. The zero-order valence-electron chi connectivity index (χ0n) is 9.99. The molecule has 3 N–H and O–H groups in total. The lowest BCUT2D eigenvalue weighted by Crippen LogP contribution is -2.22. The molecule has 19 heavy (non-hydrogen) atoms. The summed E-state index contributed by atoms with van der Waals surface area (Å²) in [6.07, 6.45) is 1.51. The summed E-state index contributed by atoms with van der Waals surface area (Å²) in [5, 5.41) is 12.6. The second kappa shape index (κ2) is 5.00. The third-order valence-electron chi connectivity index (χ3n) is 2.47. The van der Waals surface area contributed by atoms with Crippen molar-refractivity contribution >= 4 is 27.2 Å². The van der Waals surface area contributed by atoms with E-state index in [4.69, 9.17) is 11.0 Å². The van der Waals surface area contributed by atoms with Crippen LogP contribution in [-0.4, -0.2) is 18.2 Å². The van der Waals surface area contributed by atoms with E-state index >= 15 is 0 Å². The van der Waals surface area contributed by atoms with E-state index < -0.39 is 10.0 Å². The predicted molar refractivity (Wildman–Crippen MR) is 70.7 cm³/mol. The predicted octanol–water partition coefficient (Wildman–Crippen LogP) is 0.414. The first-order chi connectivity index (χ1) is 8.94. The number of nitrogens with two attached hydrogens (primary N) is 1. The highest BCUT2D eigenvalue weighted by Gasteiger charge is 2.17. The van der Waals surface area contributed by atoms with E-state index in [1.807, 2.05) is 6.07 Å². The lowest BCUT2D eigenvalue weighted by Gasteiger charge is -2.04. The first-order valence-corrected chi connectivity index (χ1v) is 7.50. The van der Waals surface area contributed by atoms with Crippen LogP contribution in [0.15, 0.2) is 22.5 Å². The Balaban J connectivity index is 2.14. The van der Waals surface area contributed by atoms with Crippen LogP contribution in [0.3, 0.4) is 0 Å². The number of hydrogen-bond acceptors (Lipinski definition) is 6. The molecule has 0 amide bonds. The van der Waals surface area contributed by atoms with E-state index in [9.17, 15) is 8.42 Å². The van der Waals surface area contributed by atoms with Crippen molar-refractivity contribution in [3.05, 3.63) is 28.8 Å². The lowest BCUT2D eigenvalue weighted by molar-refractivity contribution is 0.583. The maximum Gasteiger partial charge on any atom is 0.250 e. The van der Waals surface area contributed by atoms with Gasteiger partial charge < -0.3 is 5.73 Å². The third kappa shape index (κ3) is 2.76. The molecule has 0 aliphatic rings. The van der Waals surface area contributed by atoms with Crippen molar-refractivity contribution in [1.29, 1.82) is 5.26 Å². The highest BCUT2D eigenvalue weighted by atomic mass is 32.2. The Morgan fingerprint density at radius 2 is 2.32 bits per heavy atom. The fraction of sp³-hybridized carbons (Fsp3) is 0.200. The Bertz CT molecular complexity index is 738. The maximum atomic E-state index is 12.0. The van der Waals surface area contributed by atoms with E-state index in [1.165, 1.54) is 23.0 Å². The molecule has 0 spiro atoms. The number of rotatable bonds is 4. The van der Waals surface area contributed by atoms with Crippen molar-refractivity contribution in [2.75, 3.05) is 5.73 Å². The van der Waals surface area contributed by atoms with Crippen LogP contribution in [0.1, 0.15) is 10.4 Å². The van der Waals surface area contributed by atoms with Crippen LogP contribution in [0.4, 0.5) is 5.82 Å². The smallest absolute Gasteiger partial charge is 0.250 e. The molecule has 0 bridgehead atoms. The Hall–Kier alpha value is -1.89. The highest BCUT2D eigenvalue weighted by molar-refractivity contribution is 7.91. The van der Waals surface area contributed by atoms with E-state index in [0.29, 0.717) is 16.3 Å². The monoisotopic (exact) mass is 297 g/mol. The summed E-state index contributed by atoms with van der Waals surface area (Å²) in [4.78, 5) is 0.348. The van der Waals surface area contributed by atoms with Gasteiger partial charge in [0, 0.05) is 19.2 Å². The van der Waals surface area contributed by atoms with Crippen LogP contribution in [0, 0.1) is 11.3 Å². The Kier molecular flexibility index (Phi) is 3.57. The van der Waals surface area contributed by atoms with Crippen LogP contribution in [0.25, 0.3) is 0 Å². The second-order valence-electron chi connectivity index (χ2n) is 3.73. The van der Waals surface area contributed by atoms with Crippen molar-refractivity contribution in [3.8, 4) is 6.07 Å². The molecule has 0 radical (unpaired) electrons. The van der Waals surface area contributed by atoms with Gasteiger partial charge in [-0.2, -0.15) is 10.4 Å². The van der Waals surface area contributed by atoms with E-state index in [1.54, 1.807) is 7.05 Å². The number of aryl methyl sites for hydroxylation is 1. The van der Waals surface area contributed by atoms with E-state index in [-0.39, 0.29) is 10.8 Å². The number of nitrogens with one attached hydrogen (secondary N) is 1. The number of anilines is 1. The molecule has 0 saturated carbocycles. The molecule has 0 aromatic carbocycles. The zero-order valence-corrected chi connectivity index (χ0v) is 11.6. The largest absolute Gasteiger partial charge is 0.384 e. The highest BCUT2D eigenvalue weighted by Crippen LogP contribution is 2.21. The van der Waals surface area contributed by atoms with Crippen molar-refractivity contribution < 1.29 is 8.42 Å². The van der Waals surface area contributed by atoms with Crippen molar-refractivity contribution in [2.24, 2.45) is 7.05 Å². The average molecular weight is 297 g/mol. The number of nitrogens with zero attached hydrogens (tertiary/aromatic N) is 3. The van der Waals surface area contributed by atoms with Gasteiger partial charge in [0.2, 0.25) is 10.0 Å². The van der Waals surface area contributed by atoms with Gasteiger partial charge >= 0.3 is 0 Å². The summed E-state index contributed by atoms with van der Waals surface area (Å²) >= 11 is 0.921. The number of nitrogen functional groups attached to an aromatic ring is 1. The van der Waals surface area contributed by atoms with Gasteiger partial charge in [-0.25, -0.2) is 13.1 Å². The topological polar surface area (TPSA) is 114 Å². The standard InChI is InChI=1S/C10H11N5O2S2/c1-15-10(12)7(5-13-15)6-14-19(16,17)9-3-2-8(4-11)18-9/h2-3,5,14H,6,12H2,1H3. The van der Waals surface area contributed by atoms with Gasteiger partial charge in [-0.1, -0.05) is 0 Å². The van der Waals surface area contributed by atoms with Gasteiger partial charge in [0.25, 0.3) is 0 Å². The summed E-state index contributed by atoms with van der Waals surface area (Å²) in [7, 11) is -1.96. The van der Waals surface area contributed by atoms with Crippen LogP contribution < -0.4 is 10.5 Å². The molecular weight excluding hydrogens is 286 g/mol. The molecule has 0 aliphatic heterocycles. The molecule has 2 rings (SSSR count). The lowest BCUT2D eigenvalue weighted by atomic mass is 10.3. The van der Waals surface area contributed by atoms with Gasteiger partial charge in [0.05, 0.1) is 6.20 Å². The van der Waals surface area contributed by atoms with Crippen LogP contribution >= 0.6 is 11.3 Å². The molecule has 100 valence electrons. The van der Waals surface area contributed by atoms with Gasteiger partial charge in [0.15, 0.2) is 0 Å². The molecule has 0 atom stereocenters. The minimum Gasteiger partial charge on any atom is -0.384 e. The molecule has 0 fully saturated rings. The normalized spacial score (nSPS) is 11.4. The fourth-order valence-corrected chi connectivity index (χ4v) is 3.55. The quantitative estimate of drug-likeness (QED) is 0.848. The number of aromatic nitrogens is 2. The fourth-order valence-electron chi connectivity index (χ4n) is 1.40. The molecule has 2 aromatic rings. The second-order valence-corrected chi connectivity index (χ2v) is 6.81. The molecule has 2 aromatic heterocycles. The van der Waals surface area contributed by atoms with Crippen LogP contribution in [0.2, 0.25) is 0 Å². The van der Waals surface area contributed by atoms with Crippen molar-refractivity contribution in [3.63, 3.8) is 0 Å². The molecule has 0 aliphatic carbocycles. The Labute approximate surface area is 114 Å². The van der Waals surface area contributed by atoms with Gasteiger partial charge in [0.1, 0.15) is 21.0 Å². The number of thiophene rings is 1. The van der Waals surface area contributed by atoms with Crippen LogP contribution in [0.5, 0.6) is 0 Å². The zero-order chi connectivity index (χ0) is 14.0. The summed E-state index contributed by atoms with van der Waals surface area (Å²) in [5.74, 6) is 0.409. The molecule has 2 heterocycles. The number of hydrogen-bond donors (Lipinski definition) is 2. The summed E-state index contributed by atoms with van der Waals surface area (Å²) in [5.41, 5.74) is 6.32. The molecule has 0 unspecified atom stereocenters. The van der Waals surface area contributed by atoms with E-state index in [2.05, 4.69) is 9.82 Å². The van der Waals surface area contributed by atoms with Crippen molar-refractivity contribution in [1.82, 2.24) is 14.5 Å². The molecule has 7 nitrogen and oxygen atoms in total. The van der Waals surface area contributed by atoms with Gasteiger partial charge in [-0.3, -0.25) is 4.68 Å². The van der Waals surface area contributed by atoms with E-state index in [0.717, 1.165) is 11.3 Å². The van der Waals surface area contributed by atoms with Crippen molar-refractivity contribution in [2.45, 2.75) is 10.8 Å². The van der Waals surface area contributed by atoms with Gasteiger partial charge in [-0.05, 0) is 12.1 Å². The first-order valence-electron chi connectivity index (χ1n) is 5.20. The number of nitriles is 1. The number of sulfonamides is 1. The third-order valence-corrected chi connectivity index (χ3v) is 5.36. The van der Waals surface area contributed by atoms with Gasteiger partial charge in [-0.15, -0.1) is 11.3 Å². The average Bonchev–Trinajstić information content (AvgIpc) is 2.97. The minimum absolute atomic E-state index is 0.0573. The molecule has 9 heteroatoms. The summed E-state index contributed by atoms with van der Waals surface area (Å²) in [6.45, 7) is 0.0573. The minimum atomic E-state index is -3.63. The summed E-state index contributed by atoms with van der Waals surface area (Å²) < 4.78 is 27.9. The first kappa shape index (κ1) is 13.5. The molecule has 0 saturated heterocycles. The summed E-state index contributed by atoms with van der Waals surface area (Å²) in [6, 6.07) is 4.77. The Morgan fingerprint density at radius 3 is 2.84 bits per heavy atom. The maximum absolute atomic E-state index is 12.0.